The molecule has 0 aliphatic rings. The van der Waals surface area contributed by atoms with E-state index >= 15 is 0 Å². The first kappa shape index (κ1) is 12.2. The smallest absolute Gasteiger partial charge is 0.0315 e. The molecule has 15 heavy (non-hydrogen) atoms. The second kappa shape index (κ2) is 5.86. The van der Waals surface area contributed by atoms with Crippen LogP contribution in [0.4, 0.5) is 0 Å². The summed E-state index contributed by atoms with van der Waals surface area (Å²) in [5.41, 5.74) is 1.26. The van der Waals surface area contributed by atoms with Crippen LogP contribution in [-0.2, 0) is 0 Å². The topological polar surface area (TPSA) is 24.9 Å². The molecule has 2 unspecified atom stereocenters. The third-order valence-corrected chi connectivity index (χ3v) is 3.07. The van der Waals surface area contributed by atoms with E-state index in [0.29, 0.717) is 12.0 Å². The van der Waals surface area contributed by atoms with Gasteiger partial charge < -0.3 is 5.32 Å². The standard InChI is InChI=1S/C13H22N2/c1-10(2)11(3)8-15-12(4)13-6-5-7-14-9-13/h5-7,9-12,15H,8H2,1-4H3. The van der Waals surface area contributed by atoms with E-state index in [-0.39, 0.29) is 0 Å². The van der Waals surface area contributed by atoms with Crippen molar-refractivity contribution in [1.29, 1.82) is 0 Å². The molecule has 84 valence electrons. The van der Waals surface area contributed by atoms with Gasteiger partial charge in [-0.1, -0.05) is 26.8 Å². The van der Waals surface area contributed by atoms with Crippen molar-refractivity contribution in [2.24, 2.45) is 11.8 Å². The van der Waals surface area contributed by atoms with Gasteiger partial charge in [-0.25, -0.2) is 0 Å². The highest BCUT2D eigenvalue weighted by Crippen LogP contribution is 2.13. The lowest BCUT2D eigenvalue weighted by Crippen LogP contribution is -2.26. The first-order valence-electron chi connectivity index (χ1n) is 5.74. The number of nitrogens with zero attached hydrogens (tertiary/aromatic N) is 1. The van der Waals surface area contributed by atoms with Crippen LogP contribution in [-0.4, -0.2) is 11.5 Å². The fourth-order valence-corrected chi connectivity index (χ4v) is 1.35. The molecule has 2 heteroatoms. The van der Waals surface area contributed by atoms with Crippen LogP contribution < -0.4 is 5.32 Å². The summed E-state index contributed by atoms with van der Waals surface area (Å²) in [7, 11) is 0. The third-order valence-electron chi connectivity index (χ3n) is 3.07. The molecule has 0 aliphatic carbocycles. The average Bonchev–Trinajstić information content (AvgIpc) is 2.26. The van der Waals surface area contributed by atoms with E-state index in [2.05, 4.69) is 44.1 Å². The van der Waals surface area contributed by atoms with Crippen LogP contribution in [0.2, 0.25) is 0 Å². The summed E-state index contributed by atoms with van der Waals surface area (Å²) in [6, 6.07) is 4.49. The van der Waals surface area contributed by atoms with Gasteiger partial charge in [0.1, 0.15) is 0 Å². The van der Waals surface area contributed by atoms with Gasteiger partial charge in [0, 0.05) is 18.4 Å². The molecule has 0 aliphatic heterocycles. The van der Waals surface area contributed by atoms with Crippen molar-refractivity contribution in [3.8, 4) is 0 Å². The predicted octanol–water partition coefficient (Wildman–Crippen LogP) is 3.02. The molecular formula is C13H22N2. The maximum atomic E-state index is 4.13. The predicted molar refractivity (Wildman–Crippen MR) is 64.7 cm³/mol. The SMILES string of the molecule is CC(NCC(C)C(C)C)c1cccnc1. The van der Waals surface area contributed by atoms with E-state index < -0.39 is 0 Å². The summed E-state index contributed by atoms with van der Waals surface area (Å²) < 4.78 is 0. The van der Waals surface area contributed by atoms with Crippen LogP contribution in [0.15, 0.2) is 24.5 Å². The summed E-state index contributed by atoms with van der Waals surface area (Å²) in [6.07, 6.45) is 3.74. The zero-order valence-electron chi connectivity index (χ0n) is 10.2. The van der Waals surface area contributed by atoms with Crippen molar-refractivity contribution >= 4 is 0 Å². The molecule has 1 N–H and O–H groups in total. The van der Waals surface area contributed by atoms with Crippen LogP contribution in [0.5, 0.6) is 0 Å². The Kier molecular flexibility index (Phi) is 4.76. The number of rotatable bonds is 5. The highest BCUT2D eigenvalue weighted by atomic mass is 14.9. The molecule has 0 saturated carbocycles. The molecular weight excluding hydrogens is 184 g/mol. The molecule has 1 aromatic heterocycles. The molecule has 1 aromatic rings. The Bertz CT molecular complexity index is 269. The molecule has 1 heterocycles. The number of pyridine rings is 1. The fourth-order valence-electron chi connectivity index (χ4n) is 1.35. The molecule has 0 fully saturated rings. The van der Waals surface area contributed by atoms with E-state index in [9.17, 15) is 0 Å². The van der Waals surface area contributed by atoms with Gasteiger partial charge in [-0.2, -0.15) is 0 Å². The summed E-state index contributed by atoms with van der Waals surface area (Å²) in [5.74, 6) is 1.45. The quantitative estimate of drug-likeness (QED) is 0.801. The largest absolute Gasteiger partial charge is 0.310 e. The number of hydrogen-bond acceptors (Lipinski definition) is 2. The Hall–Kier alpha value is -0.890. The minimum atomic E-state index is 0.389. The van der Waals surface area contributed by atoms with Crippen molar-refractivity contribution in [2.45, 2.75) is 33.7 Å². The maximum Gasteiger partial charge on any atom is 0.0315 e. The zero-order chi connectivity index (χ0) is 11.3. The van der Waals surface area contributed by atoms with Gasteiger partial charge in [0.15, 0.2) is 0 Å². The van der Waals surface area contributed by atoms with Crippen LogP contribution in [0, 0.1) is 11.8 Å². The van der Waals surface area contributed by atoms with Crippen molar-refractivity contribution in [2.75, 3.05) is 6.54 Å². The monoisotopic (exact) mass is 206 g/mol. The van der Waals surface area contributed by atoms with Gasteiger partial charge in [0.05, 0.1) is 0 Å². The summed E-state index contributed by atoms with van der Waals surface area (Å²) in [5, 5.41) is 3.54. The average molecular weight is 206 g/mol. The van der Waals surface area contributed by atoms with Crippen molar-refractivity contribution in [3.63, 3.8) is 0 Å². The van der Waals surface area contributed by atoms with Crippen molar-refractivity contribution in [3.05, 3.63) is 30.1 Å². The third kappa shape index (κ3) is 4.00. The molecule has 0 spiro atoms. The van der Waals surface area contributed by atoms with Crippen LogP contribution in [0.1, 0.15) is 39.3 Å². The summed E-state index contributed by atoms with van der Waals surface area (Å²) in [6.45, 7) is 10.1. The minimum absolute atomic E-state index is 0.389. The lowest BCUT2D eigenvalue weighted by Gasteiger charge is -2.20. The summed E-state index contributed by atoms with van der Waals surface area (Å²) >= 11 is 0. The molecule has 2 nitrogen and oxygen atoms in total. The summed E-state index contributed by atoms with van der Waals surface area (Å²) in [4.78, 5) is 4.13. The minimum Gasteiger partial charge on any atom is -0.310 e. The molecule has 0 amide bonds. The Labute approximate surface area is 93.1 Å². The van der Waals surface area contributed by atoms with E-state index in [1.54, 1.807) is 0 Å². The second-order valence-corrected chi connectivity index (χ2v) is 4.64. The van der Waals surface area contributed by atoms with E-state index in [0.717, 1.165) is 12.5 Å². The van der Waals surface area contributed by atoms with Crippen LogP contribution >= 0.6 is 0 Å². The second-order valence-electron chi connectivity index (χ2n) is 4.64. The highest BCUT2D eigenvalue weighted by Gasteiger charge is 2.09. The van der Waals surface area contributed by atoms with Gasteiger partial charge in [0.2, 0.25) is 0 Å². The van der Waals surface area contributed by atoms with Gasteiger partial charge in [0.25, 0.3) is 0 Å². The first-order valence-corrected chi connectivity index (χ1v) is 5.74. The van der Waals surface area contributed by atoms with Crippen molar-refractivity contribution in [1.82, 2.24) is 10.3 Å². The molecule has 1 rings (SSSR count). The van der Waals surface area contributed by atoms with Gasteiger partial charge in [-0.3, -0.25) is 4.98 Å². The van der Waals surface area contributed by atoms with Gasteiger partial charge in [-0.05, 0) is 36.9 Å². The Morgan fingerprint density at radius 1 is 1.27 bits per heavy atom. The molecule has 0 radical (unpaired) electrons. The molecule has 0 saturated heterocycles. The fraction of sp³-hybridized carbons (Fsp3) is 0.615. The van der Waals surface area contributed by atoms with Crippen molar-refractivity contribution < 1.29 is 0 Å². The first-order chi connectivity index (χ1) is 7.11. The van der Waals surface area contributed by atoms with E-state index in [1.807, 2.05) is 18.5 Å². The van der Waals surface area contributed by atoms with Crippen LogP contribution in [0.25, 0.3) is 0 Å². The Balaban J connectivity index is 2.40. The number of aromatic nitrogens is 1. The number of hydrogen-bond donors (Lipinski definition) is 1. The van der Waals surface area contributed by atoms with Gasteiger partial charge >= 0.3 is 0 Å². The normalized spacial score (nSPS) is 15.3. The molecule has 2 atom stereocenters. The maximum absolute atomic E-state index is 4.13. The Morgan fingerprint density at radius 2 is 2.00 bits per heavy atom. The zero-order valence-corrected chi connectivity index (χ0v) is 10.2. The lowest BCUT2D eigenvalue weighted by molar-refractivity contribution is 0.375. The van der Waals surface area contributed by atoms with Gasteiger partial charge in [-0.15, -0.1) is 0 Å². The van der Waals surface area contributed by atoms with Crippen LogP contribution in [0.3, 0.4) is 0 Å². The lowest BCUT2D eigenvalue weighted by atomic mass is 9.97. The molecule has 0 bridgehead atoms. The molecule has 0 aromatic carbocycles. The van der Waals surface area contributed by atoms with E-state index in [4.69, 9.17) is 0 Å². The van der Waals surface area contributed by atoms with E-state index in [1.165, 1.54) is 5.56 Å². The highest BCUT2D eigenvalue weighted by molar-refractivity contribution is 5.12. The Morgan fingerprint density at radius 3 is 2.53 bits per heavy atom. The number of nitrogens with one attached hydrogen (secondary N) is 1.